The van der Waals surface area contributed by atoms with Gasteiger partial charge in [0.25, 0.3) is 17.7 Å². The van der Waals surface area contributed by atoms with Gasteiger partial charge in [0.15, 0.2) is 0 Å². The summed E-state index contributed by atoms with van der Waals surface area (Å²) >= 11 is 0. The number of imide groups is 1. The number of hydrogen-bond acceptors (Lipinski definition) is 4. The van der Waals surface area contributed by atoms with Gasteiger partial charge in [0.2, 0.25) is 0 Å². The van der Waals surface area contributed by atoms with Crippen molar-refractivity contribution in [2.45, 2.75) is 6.92 Å². The minimum atomic E-state index is -0.514. The lowest BCUT2D eigenvalue weighted by molar-refractivity contribution is 0.0925. The summed E-state index contributed by atoms with van der Waals surface area (Å²) in [6.07, 6.45) is 0. The molecule has 0 fully saturated rings. The van der Waals surface area contributed by atoms with E-state index < -0.39 is 23.5 Å². The van der Waals surface area contributed by atoms with Crippen LogP contribution in [0.5, 0.6) is 5.75 Å². The van der Waals surface area contributed by atoms with Crippen LogP contribution in [-0.4, -0.2) is 24.3 Å². The lowest BCUT2D eigenvalue weighted by atomic mass is 10.1. The summed E-state index contributed by atoms with van der Waals surface area (Å²) in [5.74, 6) is -1.33. The molecule has 0 aliphatic carbocycles. The van der Waals surface area contributed by atoms with Gasteiger partial charge < -0.3 is 10.1 Å². The molecule has 0 unspecified atom stereocenters. The van der Waals surface area contributed by atoms with E-state index in [9.17, 15) is 18.8 Å². The van der Waals surface area contributed by atoms with Crippen molar-refractivity contribution in [2.75, 3.05) is 16.8 Å². The van der Waals surface area contributed by atoms with Crippen LogP contribution >= 0.6 is 0 Å². The summed E-state index contributed by atoms with van der Waals surface area (Å²) in [7, 11) is 0. The van der Waals surface area contributed by atoms with Gasteiger partial charge in [-0.05, 0) is 67.6 Å². The molecule has 3 aromatic rings. The molecule has 1 heterocycles. The number of benzene rings is 3. The number of amides is 3. The first-order valence-electron chi connectivity index (χ1n) is 9.30. The Hall–Kier alpha value is -4.00. The lowest BCUT2D eigenvalue weighted by Gasteiger charge is -2.14. The van der Waals surface area contributed by atoms with Gasteiger partial charge in [-0.2, -0.15) is 0 Å². The van der Waals surface area contributed by atoms with E-state index in [1.54, 1.807) is 30.3 Å². The topological polar surface area (TPSA) is 75.7 Å². The number of rotatable bonds is 5. The van der Waals surface area contributed by atoms with E-state index in [1.165, 1.54) is 36.4 Å². The van der Waals surface area contributed by atoms with Gasteiger partial charge in [0, 0.05) is 11.3 Å². The minimum Gasteiger partial charge on any atom is -0.494 e. The van der Waals surface area contributed by atoms with E-state index in [1.807, 2.05) is 6.92 Å². The van der Waals surface area contributed by atoms with Crippen LogP contribution in [0.3, 0.4) is 0 Å². The number of carbonyl (C=O) groups is 3. The number of nitrogens with zero attached hydrogens (tertiary/aromatic N) is 1. The fourth-order valence-corrected chi connectivity index (χ4v) is 3.24. The Labute approximate surface area is 171 Å². The van der Waals surface area contributed by atoms with Gasteiger partial charge in [0.1, 0.15) is 11.6 Å². The number of halogens is 1. The second-order valence-electron chi connectivity index (χ2n) is 6.60. The average Bonchev–Trinajstić information content (AvgIpc) is 2.99. The van der Waals surface area contributed by atoms with Crippen molar-refractivity contribution < 1.29 is 23.5 Å². The lowest BCUT2D eigenvalue weighted by Crippen LogP contribution is -2.29. The molecule has 3 amide bonds. The predicted molar refractivity (Wildman–Crippen MR) is 110 cm³/mol. The first-order chi connectivity index (χ1) is 14.5. The second-order valence-corrected chi connectivity index (χ2v) is 6.60. The van der Waals surface area contributed by atoms with Crippen molar-refractivity contribution in [1.82, 2.24) is 0 Å². The van der Waals surface area contributed by atoms with Crippen molar-refractivity contribution in [3.05, 3.63) is 89.2 Å². The fourth-order valence-electron chi connectivity index (χ4n) is 3.24. The van der Waals surface area contributed by atoms with Crippen LogP contribution in [0.4, 0.5) is 15.8 Å². The van der Waals surface area contributed by atoms with E-state index >= 15 is 0 Å². The van der Waals surface area contributed by atoms with Crippen LogP contribution in [-0.2, 0) is 0 Å². The number of hydrogen-bond donors (Lipinski definition) is 1. The third-order valence-electron chi connectivity index (χ3n) is 4.64. The molecule has 7 heteroatoms. The highest BCUT2D eigenvalue weighted by Crippen LogP contribution is 2.30. The molecule has 1 N–H and O–H groups in total. The number of anilines is 2. The number of carbonyl (C=O) groups excluding carboxylic acids is 3. The maximum Gasteiger partial charge on any atom is 0.266 e. The normalized spacial score (nSPS) is 12.7. The van der Waals surface area contributed by atoms with Crippen LogP contribution in [0.25, 0.3) is 0 Å². The molecule has 0 aromatic heterocycles. The van der Waals surface area contributed by atoms with Crippen LogP contribution in [0, 0.1) is 5.82 Å². The molecule has 0 saturated heterocycles. The molecule has 0 radical (unpaired) electrons. The quantitative estimate of drug-likeness (QED) is 0.644. The zero-order chi connectivity index (χ0) is 21.3. The highest BCUT2D eigenvalue weighted by atomic mass is 19.1. The van der Waals surface area contributed by atoms with E-state index in [-0.39, 0.29) is 16.7 Å². The third-order valence-corrected chi connectivity index (χ3v) is 4.64. The standard InChI is InChI=1S/C23H17FN2O4/c1-2-30-18-9-7-17(8-10-18)26-22(28)19-11-6-14(12-20(19)23(26)29)21(27)25-16-5-3-4-15(24)13-16/h3-13H,2H2,1H3,(H,25,27). The summed E-state index contributed by atoms with van der Waals surface area (Å²) in [5, 5.41) is 2.57. The molecule has 0 atom stereocenters. The van der Waals surface area contributed by atoms with Gasteiger partial charge in [0.05, 0.1) is 23.4 Å². The Bertz CT molecular complexity index is 1160. The SMILES string of the molecule is CCOc1ccc(N2C(=O)c3ccc(C(=O)Nc4cccc(F)c4)cc3C2=O)cc1. The molecule has 0 saturated carbocycles. The zero-order valence-electron chi connectivity index (χ0n) is 16.0. The largest absolute Gasteiger partial charge is 0.494 e. The van der Waals surface area contributed by atoms with Gasteiger partial charge in [-0.1, -0.05) is 6.07 Å². The molecule has 30 heavy (non-hydrogen) atoms. The maximum atomic E-state index is 13.3. The Kier molecular flexibility index (Phi) is 5.02. The summed E-state index contributed by atoms with van der Waals surface area (Å²) in [5.41, 5.74) is 1.25. The van der Waals surface area contributed by atoms with Gasteiger partial charge in [-0.25, -0.2) is 9.29 Å². The third kappa shape index (κ3) is 3.53. The first kappa shape index (κ1) is 19.3. The van der Waals surface area contributed by atoms with E-state index in [0.29, 0.717) is 23.7 Å². The maximum absolute atomic E-state index is 13.3. The molecule has 6 nitrogen and oxygen atoms in total. The van der Waals surface area contributed by atoms with Crippen molar-refractivity contribution in [2.24, 2.45) is 0 Å². The Balaban J connectivity index is 1.59. The molecule has 1 aliphatic heterocycles. The molecule has 150 valence electrons. The Morgan fingerprint density at radius 1 is 0.967 bits per heavy atom. The van der Waals surface area contributed by atoms with Crippen LogP contribution < -0.4 is 15.0 Å². The number of nitrogens with one attached hydrogen (secondary N) is 1. The molecule has 0 bridgehead atoms. The van der Waals surface area contributed by atoms with E-state index in [2.05, 4.69) is 5.32 Å². The predicted octanol–water partition coefficient (Wildman–Crippen LogP) is 4.28. The first-order valence-corrected chi connectivity index (χ1v) is 9.30. The van der Waals surface area contributed by atoms with Crippen molar-refractivity contribution in [3.63, 3.8) is 0 Å². The molecular weight excluding hydrogens is 387 g/mol. The molecule has 3 aromatic carbocycles. The van der Waals surface area contributed by atoms with E-state index in [0.717, 1.165) is 4.90 Å². The molecule has 1 aliphatic rings. The molecule has 0 spiro atoms. The number of fused-ring (bicyclic) bond motifs is 1. The van der Waals surface area contributed by atoms with Crippen LogP contribution in [0.15, 0.2) is 66.7 Å². The van der Waals surface area contributed by atoms with Crippen LogP contribution in [0.2, 0.25) is 0 Å². The van der Waals surface area contributed by atoms with Crippen molar-refractivity contribution in [1.29, 1.82) is 0 Å². The van der Waals surface area contributed by atoms with E-state index in [4.69, 9.17) is 4.74 Å². The summed E-state index contributed by atoms with van der Waals surface area (Å²) in [4.78, 5) is 39.2. The summed E-state index contributed by atoms with van der Waals surface area (Å²) in [6, 6.07) is 16.4. The Morgan fingerprint density at radius 3 is 2.40 bits per heavy atom. The van der Waals surface area contributed by atoms with Gasteiger partial charge in [-0.3, -0.25) is 14.4 Å². The monoisotopic (exact) mass is 404 g/mol. The fraction of sp³-hybridized carbons (Fsp3) is 0.0870. The highest BCUT2D eigenvalue weighted by molar-refractivity contribution is 6.34. The molecular formula is C23H17FN2O4. The van der Waals surface area contributed by atoms with Gasteiger partial charge >= 0.3 is 0 Å². The van der Waals surface area contributed by atoms with Crippen molar-refractivity contribution >= 4 is 29.1 Å². The average molecular weight is 404 g/mol. The highest BCUT2D eigenvalue weighted by Gasteiger charge is 2.37. The summed E-state index contributed by atoms with van der Waals surface area (Å²) < 4.78 is 18.7. The smallest absolute Gasteiger partial charge is 0.266 e. The summed E-state index contributed by atoms with van der Waals surface area (Å²) in [6.45, 7) is 2.37. The minimum absolute atomic E-state index is 0.140. The number of ether oxygens (including phenoxy) is 1. The molecule has 4 rings (SSSR count). The van der Waals surface area contributed by atoms with Crippen LogP contribution in [0.1, 0.15) is 38.0 Å². The Morgan fingerprint density at radius 2 is 1.70 bits per heavy atom. The second kappa shape index (κ2) is 7.79. The van der Waals surface area contributed by atoms with Crippen molar-refractivity contribution in [3.8, 4) is 5.75 Å². The van der Waals surface area contributed by atoms with Gasteiger partial charge in [-0.15, -0.1) is 0 Å². The zero-order valence-corrected chi connectivity index (χ0v) is 16.0.